The summed E-state index contributed by atoms with van der Waals surface area (Å²) in [6.45, 7) is 2.18. The number of aromatic nitrogens is 2. The van der Waals surface area contributed by atoms with E-state index in [1.165, 1.54) is 5.56 Å². The van der Waals surface area contributed by atoms with E-state index in [-0.39, 0.29) is 0 Å². The van der Waals surface area contributed by atoms with Gasteiger partial charge in [0.25, 0.3) is 0 Å². The Morgan fingerprint density at radius 2 is 1.79 bits per heavy atom. The van der Waals surface area contributed by atoms with Crippen LogP contribution in [0.3, 0.4) is 0 Å². The van der Waals surface area contributed by atoms with Crippen molar-refractivity contribution in [2.45, 2.75) is 32.1 Å². The number of nitrogens with zero attached hydrogens (tertiary/aromatic N) is 2. The first-order valence-electron chi connectivity index (χ1n) is 8.23. The molecule has 0 saturated heterocycles. The molecular formula is C20H20N2O2. The lowest BCUT2D eigenvalue weighted by Crippen LogP contribution is -2.03. The Morgan fingerprint density at radius 1 is 1.04 bits per heavy atom. The van der Waals surface area contributed by atoms with Crippen molar-refractivity contribution in [1.29, 1.82) is 0 Å². The third kappa shape index (κ3) is 3.77. The van der Waals surface area contributed by atoms with Crippen molar-refractivity contribution >= 4 is 6.29 Å². The summed E-state index contributed by atoms with van der Waals surface area (Å²) < 4.78 is 5.83. The van der Waals surface area contributed by atoms with E-state index in [4.69, 9.17) is 4.42 Å². The van der Waals surface area contributed by atoms with Gasteiger partial charge in [-0.05, 0) is 30.0 Å². The molecule has 1 atom stereocenters. The van der Waals surface area contributed by atoms with E-state index < -0.39 is 0 Å². The van der Waals surface area contributed by atoms with Crippen LogP contribution in [0.1, 0.15) is 47.5 Å². The number of aldehydes is 1. The quantitative estimate of drug-likeness (QED) is 0.593. The molecular weight excluding hydrogens is 300 g/mol. The van der Waals surface area contributed by atoms with Gasteiger partial charge in [0.05, 0.1) is 0 Å². The average molecular weight is 320 g/mol. The first-order valence-corrected chi connectivity index (χ1v) is 8.23. The molecule has 0 bridgehead atoms. The molecule has 4 nitrogen and oxygen atoms in total. The second-order valence-electron chi connectivity index (χ2n) is 5.84. The Bertz CT molecular complexity index is 779. The van der Waals surface area contributed by atoms with E-state index >= 15 is 0 Å². The van der Waals surface area contributed by atoms with Crippen LogP contribution in [0, 0.1) is 0 Å². The fraction of sp³-hybridized carbons (Fsp3) is 0.250. The summed E-state index contributed by atoms with van der Waals surface area (Å²) in [5.74, 6) is 1.51. The van der Waals surface area contributed by atoms with Crippen LogP contribution in [-0.2, 0) is 6.42 Å². The van der Waals surface area contributed by atoms with Crippen LogP contribution in [0.4, 0.5) is 0 Å². The van der Waals surface area contributed by atoms with Gasteiger partial charge >= 0.3 is 0 Å². The fourth-order valence-corrected chi connectivity index (χ4v) is 2.83. The van der Waals surface area contributed by atoms with E-state index in [1.807, 2.05) is 18.2 Å². The van der Waals surface area contributed by atoms with E-state index in [1.54, 1.807) is 12.1 Å². The van der Waals surface area contributed by atoms with Gasteiger partial charge in [0, 0.05) is 17.5 Å². The van der Waals surface area contributed by atoms with Gasteiger partial charge in [0.1, 0.15) is 6.29 Å². The van der Waals surface area contributed by atoms with Crippen LogP contribution in [0.2, 0.25) is 0 Å². The molecule has 0 unspecified atom stereocenters. The summed E-state index contributed by atoms with van der Waals surface area (Å²) >= 11 is 0. The zero-order chi connectivity index (χ0) is 16.8. The zero-order valence-electron chi connectivity index (χ0n) is 13.7. The number of carbonyl (C=O) groups is 1. The zero-order valence-corrected chi connectivity index (χ0v) is 13.7. The van der Waals surface area contributed by atoms with Crippen LogP contribution in [0.5, 0.6) is 0 Å². The second-order valence-corrected chi connectivity index (χ2v) is 5.84. The number of benzene rings is 2. The van der Waals surface area contributed by atoms with Crippen LogP contribution < -0.4 is 0 Å². The highest BCUT2D eigenvalue weighted by molar-refractivity contribution is 5.75. The minimum absolute atomic E-state index is 0.377. The summed E-state index contributed by atoms with van der Waals surface area (Å²) in [5.41, 5.74) is 2.76. The van der Waals surface area contributed by atoms with Gasteiger partial charge < -0.3 is 4.42 Å². The third-order valence-corrected chi connectivity index (χ3v) is 4.09. The van der Waals surface area contributed by atoms with Crippen LogP contribution >= 0.6 is 0 Å². The van der Waals surface area contributed by atoms with Crippen molar-refractivity contribution < 1.29 is 9.21 Å². The number of carbonyl (C=O) groups excluding carboxylic acids is 1. The molecule has 0 aliphatic rings. The highest BCUT2D eigenvalue weighted by Gasteiger charge is 2.16. The second kappa shape index (κ2) is 7.68. The van der Waals surface area contributed by atoms with Crippen LogP contribution in [-0.4, -0.2) is 16.5 Å². The molecule has 0 N–H and O–H groups in total. The Morgan fingerprint density at radius 3 is 2.46 bits per heavy atom. The topological polar surface area (TPSA) is 56.0 Å². The average Bonchev–Trinajstić information content (AvgIpc) is 3.11. The maximum absolute atomic E-state index is 10.7. The van der Waals surface area contributed by atoms with Gasteiger partial charge in [0.2, 0.25) is 11.8 Å². The molecule has 1 aromatic heterocycles. The number of rotatable bonds is 7. The molecule has 4 heteroatoms. The Balaban J connectivity index is 1.77. The van der Waals surface area contributed by atoms with E-state index in [9.17, 15) is 4.79 Å². The summed E-state index contributed by atoms with van der Waals surface area (Å²) in [7, 11) is 0. The molecule has 0 fully saturated rings. The molecule has 3 aromatic rings. The van der Waals surface area contributed by atoms with Crippen molar-refractivity contribution in [3.63, 3.8) is 0 Å². The maximum Gasteiger partial charge on any atom is 0.247 e. The predicted octanol–water partition coefficient (Wildman–Crippen LogP) is 4.68. The SMILES string of the molecule is CCC[C@@H](Cc1nnc(-c2ccc(C=O)cc2)o1)c1ccccc1. The summed E-state index contributed by atoms with van der Waals surface area (Å²) in [6, 6.07) is 17.6. The monoisotopic (exact) mass is 320 g/mol. The molecule has 0 amide bonds. The summed E-state index contributed by atoms with van der Waals surface area (Å²) in [4.78, 5) is 10.7. The molecule has 1 heterocycles. The predicted molar refractivity (Wildman–Crippen MR) is 92.9 cm³/mol. The molecule has 2 aromatic carbocycles. The van der Waals surface area contributed by atoms with Crippen molar-refractivity contribution in [2.75, 3.05) is 0 Å². The molecule has 0 aliphatic heterocycles. The minimum Gasteiger partial charge on any atom is -0.421 e. The standard InChI is InChI=1S/C20H20N2O2/c1-2-6-18(16-7-4-3-5-8-16)13-19-21-22-20(24-19)17-11-9-15(14-23)10-12-17/h3-5,7-12,14,18H,2,6,13H2,1H3/t18-/m0/s1. The van der Waals surface area contributed by atoms with E-state index in [0.717, 1.165) is 31.1 Å². The molecule has 0 radical (unpaired) electrons. The van der Waals surface area contributed by atoms with Crippen LogP contribution in [0.15, 0.2) is 59.0 Å². The molecule has 3 rings (SSSR count). The summed E-state index contributed by atoms with van der Waals surface area (Å²) in [5, 5.41) is 8.34. The van der Waals surface area contributed by atoms with Gasteiger partial charge in [-0.15, -0.1) is 10.2 Å². The van der Waals surface area contributed by atoms with Crippen molar-refractivity contribution in [3.8, 4) is 11.5 Å². The normalized spacial score (nSPS) is 12.0. The molecule has 0 saturated carbocycles. The van der Waals surface area contributed by atoms with Gasteiger partial charge in [-0.1, -0.05) is 55.8 Å². The van der Waals surface area contributed by atoms with Gasteiger partial charge in [-0.25, -0.2) is 0 Å². The first-order chi connectivity index (χ1) is 11.8. The fourth-order valence-electron chi connectivity index (χ4n) is 2.83. The highest BCUT2D eigenvalue weighted by atomic mass is 16.4. The number of hydrogen-bond acceptors (Lipinski definition) is 4. The van der Waals surface area contributed by atoms with Crippen molar-refractivity contribution in [2.24, 2.45) is 0 Å². The lowest BCUT2D eigenvalue weighted by molar-refractivity contribution is 0.112. The van der Waals surface area contributed by atoms with Crippen molar-refractivity contribution in [3.05, 3.63) is 71.6 Å². The highest BCUT2D eigenvalue weighted by Crippen LogP contribution is 2.26. The van der Waals surface area contributed by atoms with Gasteiger partial charge in [0.15, 0.2) is 0 Å². The third-order valence-electron chi connectivity index (χ3n) is 4.09. The Hall–Kier alpha value is -2.75. The lowest BCUT2D eigenvalue weighted by atomic mass is 9.91. The van der Waals surface area contributed by atoms with E-state index in [2.05, 4.69) is 41.4 Å². The Labute approximate surface area is 141 Å². The molecule has 0 spiro atoms. The minimum atomic E-state index is 0.377. The molecule has 0 aliphatic carbocycles. The smallest absolute Gasteiger partial charge is 0.247 e. The number of hydrogen-bond donors (Lipinski definition) is 0. The summed E-state index contributed by atoms with van der Waals surface area (Å²) in [6.07, 6.45) is 3.74. The maximum atomic E-state index is 10.7. The Kier molecular flexibility index (Phi) is 5.16. The first kappa shape index (κ1) is 16.1. The van der Waals surface area contributed by atoms with Crippen LogP contribution in [0.25, 0.3) is 11.5 Å². The molecule has 24 heavy (non-hydrogen) atoms. The molecule has 122 valence electrons. The van der Waals surface area contributed by atoms with Crippen molar-refractivity contribution in [1.82, 2.24) is 10.2 Å². The largest absolute Gasteiger partial charge is 0.421 e. The van der Waals surface area contributed by atoms with E-state index in [0.29, 0.717) is 23.3 Å². The lowest BCUT2D eigenvalue weighted by Gasteiger charge is -2.14. The van der Waals surface area contributed by atoms with Gasteiger partial charge in [-0.2, -0.15) is 0 Å². The van der Waals surface area contributed by atoms with Gasteiger partial charge in [-0.3, -0.25) is 4.79 Å².